The van der Waals surface area contributed by atoms with Crippen molar-refractivity contribution in [2.24, 2.45) is 10.8 Å². The van der Waals surface area contributed by atoms with Crippen LogP contribution >= 0.6 is 0 Å². The molecule has 5 heteroatoms. The van der Waals surface area contributed by atoms with Crippen molar-refractivity contribution in [3.63, 3.8) is 0 Å². The van der Waals surface area contributed by atoms with E-state index in [0.717, 1.165) is 25.8 Å². The minimum absolute atomic E-state index is 0.0883. The molecular weight excluding hydrogens is 340 g/mol. The number of fused-ring (bicyclic) bond motifs is 2. The number of amides is 2. The molecule has 2 aromatic rings. The van der Waals surface area contributed by atoms with Gasteiger partial charge < -0.3 is 14.6 Å². The molecule has 1 N–H and O–H groups in total. The normalized spacial score (nSPS) is 26.0. The van der Waals surface area contributed by atoms with E-state index in [1.165, 1.54) is 6.26 Å². The largest absolute Gasteiger partial charge is 0.459 e. The molecule has 0 unspecified atom stereocenters. The Kier molecular flexibility index (Phi) is 4.13. The highest BCUT2D eigenvalue weighted by molar-refractivity contribution is 6.02. The van der Waals surface area contributed by atoms with Crippen molar-refractivity contribution in [3.8, 4) is 0 Å². The zero-order valence-corrected chi connectivity index (χ0v) is 16.1. The third-order valence-electron chi connectivity index (χ3n) is 5.81. The van der Waals surface area contributed by atoms with Gasteiger partial charge in [-0.25, -0.2) is 0 Å². The van der Waals surface area contributed by atoms with Crippen LogP contribution in [0.1, 0.15) is 60.9 Å². The van der Waals surface area contributed by atoms with Crippen molar-refractivity contribution in [2.75, 3.05) is 11.9 Å². The Morgan fingerprint density at radius 2 is 1.85 bits per heavy atom. The highest BCUT2D eigenvalue weighted by Crippen LogP contribution is 2.52. The molecule has 2 fully saturated rings. The first-order valence-corrected chi connectivity index (χ1v) is 9.51. The minimum atomic E-state index is -0.303. The summed E-state index contributed by atoms with van der Waals surface area (Å²) in [5.74, 6) is 0.0447. The van der Waals surface area contributed by atoms with E-state index in [2.05, 4.69) is 31.0 Å². The second-order valence-electron chi connectivity index (χ2n) is 9.16. The van der Waals surface area contributed by atoms with E-state index in [1.807, 2.05) is 0 Å². The van der Waals surface area contributed by atoms with Gasteiger partial charge in [-0.2, -0.15) is 0 Å². The molecule has 0 spiro atoms. The van der Waals surface area contributed by atoms with E-state index in [1.54, 1.807) is 36.4 Å². The molecule has 1 aromatic carbocycles. The third kappa shape index (κ3) is 3.51. The molecular formula is C22H26N2O3. The quantitative estimate of drug-likeness (QED) is 0.865. The Balaban J connectivity index is 1.46. The maximum absolute atomic E-state index is 13.1. The SMILES string of the molecule is CC1(C)C[C@@H]2C[C@](C)(CN2C(=O)c2ccc(NC(=O)c3ccco3)cc2)C1. The lowest BCUT2D eigenvalue weighted by Gasteiger charge is -2.39. The Labute approximate surface area is 159 Å². The first-order chi connectivity index (χ1) is 12.7. The molecule has 0 radical (unpaired) electrons. The Morgan fingerprint density at radius 1 is 1.11 bits per heavy atom. The first kappa shape index (κ1) is 17.8. The molecule has 1 aliphatic carbocycles. The van der Waals surface area contributed by atoms with Gasteiger partial charge in [-0.15, -0.1) is 0 Å². The lowest BCUT2D eigenvalue weighted by Crippen LogP contribution is -2.37. The second-order valence-corrected chi connectivity index (χ2v) is 9.16. The Morgan fingerprint density at radius 3 is 2.52 bits per heavy atom. The Bertz CT molecular complexity index is 854. The zero-order chi connectivity index (χ0) is 19.2. The predicted molar refractivity (Wildman–Crippen MR) is 104 cm³/mol. The number of nitrogens with one attached hydrogen (secondary N) is 1. The number of hydrogen-bond acceptors (Lipinski definition) is 3. The molecule has 2 aliphatic rings. The van der Waals surface area contributed by atoms with Crippen LogP contribution in [0.25, 0.3) is 0 Å². The number of furan rings is 1. The molecule has 4 rings (SSSR count). The van der Waals surface area contributed by atoms with Crippen molar-refractivity contribution < 1.29 is 14.0 Å². The number of carbonyl (C=O) groups excluding carboxylic acids is 2. The van der Waals surface area contributed by atoms with Gasteiger partial charge in [0.1, 0.15) is 0 Å². The summed E-state index contributed by atoms with van der Waals surface area (Å²) in [7, 11) is 0. The van der Waals surface area contributed by atoms with Gasteiger partial charge >= 0.3 is 0 Å². The van der Waals surface area contributed by atoms with Crippen LogP contribution in [0.4, 0.5) is 5.69 Å². The molecule has 2 atom stereocenters. The standard InChI is InChI=1S/C22H26N2O3/c1-21(2)11-17-12-22(3,13-21)14-24(17)20(26)15-6-8-16(9-7-15)23-19(25)18-5-4-10-27-18/h4-10,17H,11-14H2,1-3H3,(H,23,25)/t17-,22+/m1/s1. The summed E-state index contributed by atoms with van der Waals surface area (Å²) in [6, 6.07) is 10.7. The number of benzene rings is 1. The van der Waals surface area contributed by atoms with Gasteiger partial charge in [0.15, 0.2) is 5.76 Å². The monoisotopic (exact) mass is 366 g/mol. The fourth-order valence-electron chi connectivity index (χ4n) is 5.16. The highest BCUT2D eigenvalue weighted by atomic mass is 16.3. The maximum Gasteiger partial charge on any atom is 0.291 e. The summed E-state index contributed by atoms with van der Waals surface area (Å²) in [6.45, 7) is 7.75. The van der Waals surface area contributed by atoms with Crippen LogP contribution in [-0.2, 0) is 0 Å². The smallest absolute Gasteiger partial charge is 0.291 e. The molecule has 1 saturated carbocycles. The van der Waals surface area contributed by atoms with Gasteiger partial charge in [0, 0.05) is 23.8 Å². The van der Waals surface area contributed by atoms with Crippen molar-refractivity contribution >= 4 is 17.5 Å². The van der Waals surface area contributed by atoms with Crippen molar-refractivity contribution in [1.82, 2.24) is 4.90 Å². The molecule has 2 bridgehead atoms. The molecule has 1 aliphatic heterocycles. The van der Waals surface area contributed by atoms with E-state index in [-0.39, 0.29) is 28.4 Å². The van der Waals surface area contributed by atoms with Crippen LogP contribution in [0.3, 0.4) is 0 Å². The van der Waals surface area contributed by atoms with Crippen LogP contribution < -0.4 is 5.32 Å². The van der Waals surface area contributed by atoms with Crippen LogP contribution in [0.15, 0.2) is 47.1 Å². The third-order valence-corrected chi connectivity index (χ3v) is 5.81. The highest BCUT2D eigenvalue weighted by Gasteiger charge is 2.50. The summed E-state index contributed by atoms with van der Waals surface area (Å²) in [5.41, 5.74) is 1.81. The molecule has 27 heavy (non-hydrogen) atoms. The van der Waals surface area contributed by atoms with Crippen LogP contribution in [0.5, 0.6) is 0 Å². The molecule has 142 valence electrons. The Hall–Kier alpha value is -2.56. The molecule has 1 aromatic heterocycles. The fraction of sp³-hybridized carbons (Fsp3) is 0.455. The van der Waals surface area contributed by atoms with Crippen molar-refractivity contribution in [3.05, 3.63) is 54.0 Å². The summed E-state index contributed by atoms with van der Waals surface area (Å²) in [6.07, 6.45) is 4.79. The number of likely N-dealkylation sites (tertiary alicyclic amines) is 1. The summed E-state index contributed by atoms with van der Waals surface area (Å²) in [4.78, 5) is 27.2. The van der Waals surface area contributed by atoms with Gasteiger partial charge in [-0.3, -0.25) is 9.59 Å². The van der Waals surface area contributed by atoms with Crippen LogP contribution in [-0.4, -0.2) is 29.3 Å². The van der Waals surface area contributed by atoms with E-state index in [0.29, 0.717) is 17.3 Å². The molecule has 2 heterocycles. The summed E-state index contributed by atoms with van der Waals surface area (Å²) < 4.78 is 5.09. The minimum Gasteiger partial charge on any atom is -0.459 e. The lowest BCUT2D eigenvalue weighted by molar-refractivity contribution is 0.0708. The zero-order valence-electron chi connectivity index (χ0n) is 16.1. The average molecular weight is 366 g/mol. The second kappa shape index (κ2) is 6.25. The topological polar surface area (TPSA) is 62.6 Å². The lowest BCUT2D eigenvalue weighted by atomic mass is 9.65. The molecule has 5 nitrogen and oxygen atoms in total. The van der Waals surface area contributed by atoms with Gasteiger partial charge in [0.05, 0.1) is 6.26 Å². The van der Waals surface area contributed by atoms with Gasteiger partial charge in [0.25, 0.3) is 11.8 Å². The van der Waals surface area contributed by atoms with Gasteiger partial charge in [0.2, 0.25) is 0 Å². The van der Waals surface area contributed by atoms with E-state index >= 15 is 0 Å². The van der Waals surface area contributed by atoms with E-state index in [9.17, 15) is 9.59 Å². The number of hydrogen-bond donors (Lipinski definition) is 1. The van der Waals surface area contributed by atoms with Crippen LogP contribution in [0.2, 0.25) is 0 Å². The average Bonchev–Trinajstić information content (AvgIpc) is 3.20. The van der Waals surface area contributed by atoms with Crippen molar-refractivity contribution in [2.45, 2.75) is 46.1 Å². The summed E-state index contributed by atoms with van der Waals surface area (Å²) >= 11 is 0. The molecule has 1 saturated heterocycles. The number of anilines is 1. The predicted octanol–water partition coefficient (Wildman–Crippen LogP) is 4.57. The number of carbonyl (C=O) groups is 2. The first-order valence-electron chi connectivity index (χ1n) is 9.51. The van der Waals surface area contributed by atoms with E-state index < -0.39 is 0 Å². The fourth-order valence-corrected chi connectivity index (χ4v) is 5.16. The van der Waals surface area contributed by atoms with Gasteiger partial charge in [-0.1, -0.05) is 20.8 Å². The molecule has 2 amide bonds. The van der Waals surface area contributed by atoms with Crippen LogP contribution in [0, 0.1) is 10.8 Å². The maximum atomic E-state index is 13.1. The van der Waals surface area contributed by atoms with Crippen molar-refractivity contribution in [1.29, 1.82) is 0 Å². The van der Waals surface area contributed by atoms with E-state index in [4.69, 9.17) is 4.42 Å². The number of rotatable bonds is 3. The summed E-state index contributed by atoms with van der Waals surface area (Å²) in [5, 5.41) is 2.78. The number of nitrogens with zero attached hydrogens (tertiary/aromatic N) is 1. The van der Waals surface area contributed by atoms with Gasteiger partial charge in [-0.05, 0) is 66.5 Å².